The Hall–Kier alpha value is -2.68. The molecule has 0 fully saturated rings. The van der Waals surface area contributed by atoms with E-state index in [1.54, 1.807) is 22.7 Å². The van der Waals surface area contributed by atoms with Crippen LogP contribution in [0.25, 0.3) is 12.2 Å². The highest BCUT2D eigenvalue weighted by molar-refractivity contribution is 7.11. The van der Waals surface area contributed by atoms with Crippen LogP contribution in [0.2, 0.25) is 0 Å². The number of allylic oxidation sites excluding steroid dienone is 12. The fourth-order valence-electron chi connectivity index (χ4n) is 3.00. The molecule has 2 unspecified atom stereocenters. The average molecular weight is 401 g/mol. The molecule has 0 aromatic carbocycles. The van der Waals surface area contributed by atoms with Crippen LogP contribution < -0.4 is 0 Å². The minimum absolute atomic E-state index is 0.274. The van der Waals surface area contributed by atoms with Gasteiger partial charge in [0.2, 0.25) is 0 Å². The van der Waals surface area contributed by atoms with Crippen molar-refractivity contribution >= 4 is 34.8 Å². The zero-order chi connectivity index (χ0) is 19.6. The summed E-state index contributed by atoms with van der Waals surface area (Å²) in [4.78, 5) is 2.52. The van der Waals surface area contributed by atoms with Crippen molar-refractivity contribution in [1.82, 2.24) is 0 Å². The molecule has 1 aliphatic carbocycles. The fraction of sp³-hybridized carbons (Fsp3) is 0.0769. The zero-order valence-corrected chi connectivity index (χ0v) is 17.4. The van der Waals surface area contributed by atoms with Crippen molar-refractivity contribution in [3.05, 3.63) is 130 Å². The van der Waals surface area contributed by atoms with E-state index in [-0.39, 0.29) is 11.8 Å². The van der Waals surface area contributed by atoms with Crippen LogP contribution in [-0.2, 0) is 0 Å². The minimum atomic E-state index is 0.274. The van der Waals surface area contributed by atoms with Gasteiger partial charge in [-0.05, 0) is 46.2 Å². The average Bonchev–Trinajstić information content (AvgIpc) is 3.42. The smallest absolute Gasteiger partial charge is 0.0270 e. The molecular weight excluding hydrogens is 376 g/mol. The van der Waals surface area contributed by atoms with Gasteiger partial charge < -0.3 is 0 Å². The van der Waals surface area contributed by atoms with Crippen LogP contribution in [0.1, 0.15) is 9.75 Å². The van der Waals surface area contributed by atoms with E-state index in [1.165, 1.54) is 15.3 Å². The van der Waals surface area contributed by atoms with Gasteiger partial charge in [0, 0.05) is 21.6 Å². The molecule has 140 valence electrons. The van der Waals surface area contributed by atoms with Gasteiger partial charge in [0.05, 0.1) is 0 Å². The first-order valence-electron chi connectivity index (χ1n) is 9.26. The fourth-order valence-corrected chi connectivity index (χ4v) is 4.26. The second-order valence-corrected chi connectivity index (χ2v) is 8.29. The first kappa shape index (κ1) is 20.1. The quantitative estimate of drug-likeness (QED) is 0.310. The third-order valence-corrected chi connectivity index (χ3v) is 6.13. The van der Waals surface area contributed by atoms with E-state index in [0.29, 0.717) is 0 Å². The van der Waals surface area contributed by atoms with Crippen LogP contribution >= 0.6 is 22.7 Å². The van der Waals surface area contributed by atoms with E-state index in [4.69, 9.17) is 0 Å². The van der Waals surface area contributed by atoms with Crippen LogP contribution in [0.5, 0.6) is 0 Å². The third kappa shape index (κ3) is 5.66. The summed E-state index contributed by atoms with van der Waals surface area (Å²) in [5.74, 6) is 0.563. The monoisotopic (exact) mass is 400 g/mol. The molecule has 0 saturated carbocycles. The maximum absolute atomic E-state index is 4.03. The second kappa shape index (κ2) is 10.6. The molecule has 1 aliphatic rings. The summed E-state index contributed by atoms with van der Waals surface area (Å²) in [5, 5.41) is 4.18. The molecular formula is C26H24S2. The summed E-state index contributed by atoms with van der Waals surface area (Å²) in [7, 11) is 0. The zero-order valence-electron chi connectivity index (χ0n) is 15.8. The van der Waals surface area contributed by atoms with Gasteiger partial charge in [0.1, 0.15) is 0 Å². The van der Waals surface area contributed by atoms with Gasteiger partial charge in [0.15, 0.2) is 0 Å². The van der Waals surface area contributed by atoms with Gasteiger partial charge in [-0.25, -0.2) is 0 Å². The van der Waals surface area contributed by atoms with Crippen molar-refractivity contribution < 1.29 is 0 Å². The Labute approximate surface area is 176 Å². The van der Waals surface area contributed by atoms with E-state index in [1.807, 2.05) is 12.2 Å². The van der Waals surface area contributed by atoms with Gasteiger partial charge >= 0.3 is 0 Å². The summed E-state index contributed by atoms with van der Waals surface area (Å²) in [6.07, 6.45) is 25.5. The van der Waals surface area contributed by atoms with Crippen molar-refractivity contribution in [3.8, 4) is 0 Å². The van der Waals surface area contributed by atoms with Gasteiger partial charge in [-0.2, -0.15) is 0 Å². The Bertz CT molecular complexity index is 942. The van der Waals surface area contributed by atoms with E-state index < -0.39 is 0 Å². The third-order valence-electron chi connectivity index (χ3n) is 4.45. The molecule has 0 spiro atoms. The van der Waals surface area contributed by atoms with Crippen LogP contribution in [0.15, 0.2) is 120 Å². The molecule has 2 heterocycles. The summed E-state index contributed by atoms with van der Waals surface area (Å²) in [6, 6.07) is 8.36. The number of hydrogen-bond acceptors (Lipinski definition) is 2. The molecule has 28 heavy (non-hydrogen) atoms. The standard InChI is InChI=1S/C26H24S2/c1-3-21-19-24(12-6-8-14-26-16-10-18-28-26)22(4-2)20-23(21)11-5-7-13-25-15-9-17-27-25/h3-21,23H,1-2H2. The predicted molar refractivity (Wildman–Crippen MR) is 129 cm³/mol. The maximum Gasteiger partial charge on any atom is 0.0270 e. The Balaban J connectivity index is 1.69. The van der Waals surface area contributed by atoms with Crippen LogP contribution in [0.3, 0.4) is 0 Å². The van der Waals surface area contributed by atoms with E-state index in [0.717, 1.165) is 5.57 Å². The molecule has 3 rings (SSSR count). The molecule has 0 radical (unpaired) electrons. The molecule has 0 N–H and O–H groups in total. The van der Waals surface area contributed by atoms with E-state index >= 15 is 0 Å². The number of hydrogen-bond donors (Lipinski definition) is 0. The molecule has 2 aromatic rings. The van der Waals surface area contributed by atoms with Gasteiger partial charge in [-0.1, -0.05) is 79.5 Å². The number of thiophene rings is 2. The van der Waals surface area contributed by atoms with Crippen molar-refractivity contribution in [2.75, 3.05) is 0 Å². The lowest BCUT2D eigenvalue weighted by molar-refractivity contribution is 0.661. The number of rotatable bonds is 8. The van der Waals surface area contributed by atoms with Gasteiger partial charge in [-0.15, -0.1) is 29.3 Å². The van der Waals surface area contributed by atoms with Crippen LogP contribution in [0.4, 0.5) is 0 Å². The van der Waals surface area contributed by atoms with Crippen molar-refractivity contribution in [2.24, 2.45) is 11.8 Å². The first-order valence-corrected chi connectivity index (χ1v) is 11.0. The maximum atomic E-state index is 4.03. The van der Waals surface area contributed by atoms with E-state index in [9.17, 15) is 0 Å². The second-order valence-electron chi connectivity index (χ2n) is 6.33. The van der Waals surface area contributed by atoms with E-state index in [2.05, 4.69) is 109 Å². The van der Waals surface area contributed by atoms with Crippen molar-refractivity contribution in [2.45, 2.75) is 0 Å². The highest BCUT2D eigenvalue weighted by Gasteiger charge is 2.18. The molecule has 2 atom stereocenters. The lowest BCUT2D eigenvalue weighted by atomic mass is 9.81. The topological polar surface area (TPSA) is 0 Å². The molecule has 0 saturated heterocycles. The highest BCUT2D eigenvalue weighted by atomic mass is 32.1. The lowest BCUT2D eigenvalue weighted by Gasteiger charge is -2.23. The normalized spacial score (nSPS) is 20.3. The Morgan fingerprint density at radius 2 is 1.32 bits per heavy atom. The van der Waals surface area contributed by atoms with Crippen LogP contribution in [-0.4, -0.2) is 0 Å². The Morgan fingerprint density at radius 1 is 0.714 bits per heavy atom. The van der Waals surface area contributed by atoms with Gasteiger partial charge in [-0.3, -0.25) is 0 Å². The molecule has 0 bridgehead atoms. The molecule has 2 aromatic heterocycles. The lowest BCUT2D eigenvalue weighted by Crippen LogP contribution is -2.11. The molecule has 0 amide bonds. The van der Waals surface area contributed by atoms with Crippen molar-refractivity contribution in [3.63, 3.8) is 0 Å². The Morgan fingerprint density at radius 3 is 1.89 bits per heavy atom. The largest absolute Gasteiger partial charge is 0.144 e. The SMILES string of the molecule is C=CC1=CC(C=CC=Cc2cccs2)C(C=C)C=C1C=CC=Cc1cccs1. The summed E-state index contributed by atoms with van der Waals surface area (Å²) < 4.78 is 0. The summed E-state index contributed by atoms with van der Waals surface area (Å²) in [5.41, 5.74) is 2.35. The Kier molecular flexibility index (Phi) is 7.60. The summed E-state index contributed by atoms with van der Waals surface area (Å²) in [6.45, 7) is 8.03. The highest BCUT2D eigenvalue weighted by Crippen LogP contribution is 2.31. The van der Waals surface area contributed by atoms with Crippen LogP contribution in [0, 0.1) is 11.8 Å². The predicted octanol–water partition coefficient (Wildman–Crippen LogP) is 8.12. The summed E-state index contributed by atoms with van der Waals surface area (Å²) >= 11 is 3.48. The molecule has 0 nitrogen and oxygen atoms in total. The molecule has 2 heteroatoms. The van der Waals surface area contributed by atoms with Gasteiger partial charge in [0.25, 0.3) is 0 Å². The minimum Gasteiger partial charge on any atom is -0.144 e. The molecule has 0 aliphatic heterocycles. The van der Waals surface area contributed by atoms with Crippen molar-refractivity contribution in [1.29, 1.82) is 0 Å². The first-order chi connectivity index (χ1) is 13.8.